The summed E-state index contributed by atoms with van der Waals surface area (Å²) in [6.07, 6.45) is 0. The van der Waals surface area contributed by atoms with Crippen LogP contribution in [0.4, 0.5) is 0 Å². The lowest BCUT2D eigenvalue weighted by Gasteiger charge is -2.21. The van der Waals surface area contributed by atoms with Crippen molar-refractivity contribution < 1.29 is 9.47 Å². The summed E-state index contributed by atoms with van der Waals surface area (Å²) in [5, 5.41) is 7.52. The number of methoxy groups -OCH3 is 2. The molecule has 1 N–H and O–H groups in total. The van der Waals surface area contributed by atoms with Crippen molar-refractivity contribution in [3.05, 3.63) is 46.2 Å². The van der Waals surface area contributed by atoms with Crippen LogP contribution >= 0.6 is 11.3 Å². The minimum Gasteiger partial charge on any atom is -0.496 e. The molecule has 0 radical (unpaired) electrons. The normalized spacial score (nSPS) is 12.2. The first-order valence-electron chi connectivity index (χ1n) is 5.72. The fourth-order valence-electron chi connectivity index (χ4n) is 2.08. The maximum atomic E-state index is 5.45. The van der Waals surface area contributed by atoms with E-state index < -0.39 is 0 Å². The molecule has 3 nitrogen and oxygen atoms in total. The maximum absolute atomic E-state index is 5.45. The Kier molecular flexibility index (Phi) is 4.23. The van der Waals surface area contributed by atoms with Crippen LogP contribution < -0.4 is 14.8 Å². The van der Waals surface area contributed by atoms with Crippen LogP contribution in [-0.4, -0.2) is 21.3 Å². The Morgan fingerprint density at radius 1 is 1.11 bits per heavy atom. The minimum atomic E-state index is 0.0716. The second-order valence-electron chi connectivity index (χ2n) is 3.85. The average Bonchev–Trinajstić information content (AvgIpc) is 2.93. The second-order valence-corrected chi connectivity index (χ2v) is 4.63. The van der Waals surface area contributed by atoms with Gasteiger partial charge in [0.05, 0.1) is 25.8 Å². The summed E-state index contributed by atoms with van der Waals surface area (Å²) < 4.78 is 10.9. The highest BCUT2D eigenvalue weighted by Gasteiger charge is 2.21. The fourth-order valence-corrected chi connectivity index (χ4v) is 2.77. The molecule has 18 heavy (non-hydrogen) atoms. The van der Waals surface area contributed by atoms with E-state index in [2.05, 4.69) is 22.1 Å². The number of nitrogens with one attached hydrogen (secondary N) is 1. The molecule has 0 aliphatic rings. The predicted octanol–water partition coefficient (Wildman–Crippen LogP) is 3.07. The van der Waals surface area contributed by atoms with Crippen molar-refractivity contribution in [3.8, 4) is 11.5 Å². The summed E-state index contributed by atoms with van der Waals surface area (Å²) in [6, 6.07) is 8.02. The highest BCUT2D eigenvalue weighted by molar-refractivity contribution is 7.08. The molecule has 0 bridgehead atoms. The van der Waals surface area contributed by atoms with Gasteiger partial charge in [-0.1, -0.05) is 6.07 Å². The molecule has 1 atom stereocenters. The molecule has 0 spiro atoms. The van der Waals surface area contributed by atoms with Crippen LogP contribution in [0.15, 0.2) is 35.0 Å². The molecule has 1 heterocycles. The summed E-state index contributed by atoms with van der Waals surface area (Å²) in [7, 11) is 5.30. The summed E-state index contributed by atoms with van der Waals surface area (Å²) in [5.41, 5.74) is 2.24. The molecule has 0 fully saturated rings. The fraction of sp³-hybridized carbons (Fsp3) is 0.286. The topological polar surface area (TPSA) is 30.5 Å². The number of benzene rings is 1. The molecule has 0 amide bonds. The number of ether oxygens (including phenoxy) is 2. The van der Waals surface area contributed by atoms with Gasteiger partial charge >= 0.3 is 0 Å². The predicted molar refractivity (Wildman–Crippen MR) is 74.8 cm³/mol. The van der Waals surface area contributed by atoms with Gasteiger partial charge in [0.1, 0.15) is 11.5 Å². The molecule has 0 saturated carbocycles. The molecule has 4 heteroatoms. The van der Waals surface area contributed by atoms with E-state index in [-0.39, 0.29) is 6.04 Å². The van der Waals surface area contributed by atoms with Gasteiger partial charge in [0.15, 0.2) is 0 Å². The zero-order chi connectivity index (χ0) is 13.0. The SMILES string of the molecule is CNC(c1ccsc1)c1c(OC)cccc1OC. The van der Waals surface area contributed by atoms with Gasteiger partial charge in [0.2, 0.25) is 0 Å². The lowest BCUT2D eigenvalue weighted by Crippen LogP contribution is -2.18. The summed E-state index contributed by atoms with van der Waals surface area (Å²) in [5.74, 6) is 1.67. The Hall–Kier alpha value is -1.52. The number of thiophene rings is 1. The first-order chi connectivity index (χ1) is 8.81. The highest BCUT2D eigenvalue weighted by atomic mass is 32.1. The Morgan fingerprint density at radius 2 is 1.78 bits per heavy atom. The average molecular weight is 263 g/mol. The van der Waals surface area contributed by atoms with Gasteiger partial charge in [-0.2, -0.15) is 11.3 Å². The van der Waals surface area contributed by atoms with Crippen LogP contribution in [0.1, 0.15) is 17.2 Å². The molecule has 0 aliphatic heterocycles. The first-order valence-corrected chi connectivity index (χ1v) is 6.66. The zero-order valence-corrected chi connectivity index (χ0v) is 11.6. The van der Waals surface area contributed by atoms with E-state index in [1.54, 1.807) is 25.6 Å². The smallest absolute Gasteiger partial charge is 0.127 e. The number of hydrogen-bond acceptors (Lipinski definition) is 4. The molecule has 1 aromatic heterocycles. The standard InChI is InChI=1S/C14H17NO2S/c1-15-14(10-7-8-18-9-10)13-11(16-2)5-4-6-12(13)17-3/h4-9,14-15H,1-3H3. The molecular weight excluding hydrogens is 246 g/mol. The highest BCUT2D eigenvalue weighted by Crippen LogP contribution is 2.37. The van der Waals surface area contributed by atoms with Crippen LogP contribution in [0.25, 0.3) is 0 Å². The number of hydrogen-bond donors (Lipinski definition) is 1. The van der Waals surface area contributed by atoms with Crippen molar-refractivity contribution in [2.45, 2.75) is 6.04 Å². The zero-order valence-electron chi connectivity index (χ0n) is 10.8. The van der Waals surface area contributed by atoms with E-state index in [9.17, 15) is 0 Å². The number of rotatable bonds is 5. The van der Waals surface area contributed by atoms with Gasteiger partial charge in [-0.15, -0.1) is 0 Å². The Balaban J connectivity index is 2.53. The van der Waals surface area contributed by atoms with Gasteiger partial charge in [0, 0.05) is 0 Å². The Morgan fingerprint density at radius 3 is 2.22 bits per heavy atom. The van der Waals surface area contributed by atoms with Crippen molar-refractivity contribution >= 4 is 11.3 Å². The van der Waals surface area contributed by atoms with E-state index in [1.165, 1.54) is 5.56 Å². The second kappa shape index (κ2) is 5.89. The van der Waals surface area contributed by atoms with Crippen molar-refractivity contribution in [1.29, 1.82) is 0 Å². The Bertz CT molecular complexity index is 474. The lowest BCUT2D eigenvalue weighted by atomic mass is 9.99. The van der Waals surface area contributed by atoms with Crippen LogP contribution in [-0.2, 0) is 0 Å². The maximum Gasteiger partial charge on any atom is 0.127 e. The monoisotopic (exact) mass is 263 g/mol. The van der Waals surface area contributed by atoms with Gasteiger partial charge in [0.25, 0.3) is 0 Å². The molecule has 1 aromatic carbocycles. The lowest BCUT2D eigenvalue weighted by molar-refractivity contribution is 0.379. The van der Waals surface area contributed by atoms with E-state index >= 15 is 0 Å². The van der Waals surface area contributed by atoms with Crippen molar-refractivity contribution in [2.24, 2.45) is 0 Å². The molecule has 96 valence electrons. The van der Waals surface area contributed by atoms with E-state index in [1.807, 2.05) is 25.2 Å². The van der Waals surface area contributed by atoms with Crippen molar-refractivity contribution in [2.75, 3.05) is 21.3 Å². The summed E-state index contributed by atoms with van der Waals surface area (Å²) >= 11 is 1.68. The molecular formula is C14H17NO2S. The van der Waals surface area contributed by atoms with Crippen LogP contribution in [0.2, 0.25) is 0 Å². The van der Waals surface area contributed by atoms with Crippen LogP contribution in [0, 0.1) is 0 Å². The third kappa shape index (κ3) is 2.35. The van der Waals surface area contributed by atoms with Crippen LogP contribution in [0.5, 0.6) is 11.5 Å². The minimum absolute atomic E-state index is 0.0716. The van der Waals surface area contributed by atoms with Gasteiger partial charge in [-0.05, 0) is 41.6 Å². The van der Waals surface area contributed by atoms with Crippen molar-refractivity contribution in [1.82, 2.24) is 5.32 Å². The molecule has 0 saturated heterocycles. The van der Waals surface area contributed by atoms with Crippen LogP contribution in [0.3, 0.4) is 0 Å². The van der Waals surface area contributed by atoms with Gasteiger partial charge < -0.3 is 14.8 Å². The summed E-state index contributed by atoms with van der Waals surface area (Å²) in [4.78, 5) is 0. The summed E-state index contributed by atoms with van der Waals surface area (Å²) in [6.45, 7) is 0. The van der Waals surface area contributed by atoms with Gasteiger partial charge in [-0.25, -0.2) is 0 Å². The molecule has 0 aliphatic carbocycles. The Labute approximate surface area is 111 Å². The molecule has 2 rings (SSSR count). The first kappa shape index (κ1) is 12.9. The third-order valence-corrected chi connectivity index (χ3v) is 3.62. The van der Waals surface area contributed by atoms with Gasteiger partial charge in [-0.3, -0.25) is 0 Å². The van der Waals surface area contributed by atoms with E-state index in [4.69, 9.17) is 9.47 Å². The van der Waals surface area contributed by atoms with E-state index in [0.717, 1.165) is 17.1 Å². The molecule has 1 unspecified atom stereocenters. The molecule has 2 aromatic rings. The third-order valence-electron chi connectivity index (χ3n) is 2.92. The van der Waals surface area contributed by atoms with Crippen molar-refractivity contribution in [3.63, 3.8) is 0 Å². The van der Waals surface area contributed by atoms with E-state index in [0.29, 0.717) is 0 Å². The largest absolute Gasteiger partial charge is 0.496 e. The quantitative estimate of drug-likeness (QED) is 0.899.